The Balaban J connectivity index is 1.46. The fourth-order valence-electron chi connectivity index (χ4n) is 3.15. The quantitative estimate of drug-likeness (QED) is 0.646. The topological polar surface area (TPSA) is 86.3 Å². The Bertz CT molecular complexity index is 931. The van der Waals surface area contributed by atoms with Gasteiger partial charge in [-0.1, -0.05) is 11.2 Å². The molecule has 4 heterocycles. The highest BCUT2D eigenvalue weighted by atomic mass is 32.1. The van der Waals surface area contributed by atoms with E-state index in [-0.39, 0.29) is 5.91 Å². The van der Waals surface area contributed by atoms with Gasteiger partial charge in [0.2, 0.25) is 0 Å². The van der Waals surface area contributed by atoms with E-state index in [1.165, 1.54) is 17.0 Å². The summed E-state index contributed by atoms with van der Waals surface area (Å²) in [7, 11) is 1.78. The van der Waals surface area contributed by atoms with Gasteiger partial charge in [0, 0.05) is 44.2 Å². The largest absolute Gasteiger partial charge is 0.376 e. The molecule has 0 aromatic carbocycles. The molecule has 27 heavy (non-hydrogen) atoms. The van der Waals surface area contributed by atoms with E-state index in [1.54, 1.807) is 11.9 Å². The van der Waals surface area contributed by atoms with Gasteiger partial charge in [-0.3, -0.25) is 9.48 Å². The maximum atomic E-state index is 12.3. The first-order valence-corrected chi connectivity index (χ1v) is 9.83. The molecule has 0 saturated heterocycles. The van der Waals surface area contributed by atoms with E-state index in [9.17, 15) is 4.79 Å². The number of aryl methyl sites for hydroxylation is 1. The number of amides is 1. The van der Waals surface area contributed by atoms with Gasteiger partial charge < -0.3 is 14.2 Å². The van der Waals surface area contributed by atoms with Crippen LogP contribution in [0.25, 0.3) is 11.6 Å². The lowest BCUT2D eigenvalue weighted by molar-refractivity contribution is 0.0800. The summed E-state index contributed by atoms with van der Waals surface area (Å²) in [4.78, 5) is 19.2. The lowest BCUT2D eigenvalue weighted by atomic mass is 10.1. The third-order valence-electron chi connectivity index (χ3n) is 4.62. The van der Waals surface area contributed by atoms with E-state index < -0.39 is 0 Å². The van der Waals surface area contributed by atoms with E-state index in [0.717, 1.165) is 23.4 Å². The number of thiophene rings is 1. The van der Waals surface area contributed by atoms with Crippen molar-refractivity contribution in [3.05, 3.63) is 39.5 Å². The molecule has 0 aliphatic carbocycles. The highest BCUT2D eigenvalue weighted by Crippen LogP contribution is 2.28. The molecular formula is C18H21N5O3S. The predicted molar refractivity (Wildman–Crippen MR) is 99.5 cm³/mol. The molecule has 1 aliphatic rings. The zero-order chi connectivity index (χ0) is 18.8. The zero-order valence-corrected chi connectivity index (χ0v) is 16.2. The van der Waals surface area contributed by atoms with Crippen molar-refractivity contribution in [1.82, 2.24) is 24.8 Å². The third-order valence-corrected chi connectivity index (χ3v) is 5.47. The number of hydrogen-bond donors (Lipinski definition) is 0. The van der Waals surface area contributed by atoms with Crippen LogP contribution in [-0.2, 0) is 30.7 Å². The van der Waals surface area contributed by atoms with Crippen LogP contribution in [-0.4, -0.2) is 50.9 Å². The second-order valence-electron chi connectivity index (χ2n) is 6.36. The lowest BCUT2D eigenvalue weighted by Gasteiger charge is -2.14. The molecule has 0 spiro atoms. The molecule has 3 aromatic rings. The Hall–Kier alpha value is -2.52. The van der Waals surface area contributed by atoms with Crippen LogP contribution in [0.2, 0.25) is 0 Å². The first kappa shape index (κ1) is 17.9. The highest BCUT2D eigenvalue weighted by molar-refractivity contribution is 7.12. The van der Waals surface area contributed by atoms with Crippen LogP contribution in [0.15, 0.2) is 22.0 Å². The predicted octanol–water partition coefficient (Wildman–Crippen LogP) is 2.40. The van der Waals surface area contributed by atoms with E-state index in [4.69, 9.17) is 9.26 Å². The van der Waals surface area contributed by atoms with Gasteiger partial charge in [0.1, 0.15) is 0 Å². The van der Waals surface area contributed by atoms with Gasteiger partial charge in [-0.25, -0.2) is 0 Å². The first-order chi connectivity index (χ1) is 13.2. The van der Waals surface area contributed by atoms with E-state index >= 15 is 0 Å². The van der Waals surface area contributed by atoms with Crippen LogP contribution in [0.4, 0.5) is 0 Å². The minimum Gasteiger partial charge on any atom is -0.376 e. The standard InChI is InChI=1S/C18H21N5O3S/c1-3-23-13-7-9-25-11-12(13)16(20-23)17-19-15(21-26-17)6-8-22(2)18(24)14-5-4-10-27-14/h4-5,10H,3,6-9,11H2,1-2H3. The number of fused-ring (bicyclic) bond motifs is 1. The maximum Gasteiger partial charge on any atom is 0.278 e. The smallest absolute Gasteiger partial charge is 0.278 e. The fourth-order valence-corrected chi connectivity index (χ4v) is 3.87. The molecule has 3 aromatic heterocycles. The molecule has 4 rings (SSSR count). The Kier molecular flexibility index (Phi) is 5.04. The third kappa shape index (κ3) is 3.52. The van der Waals surface area contributed by atoms with Gasteiger partial charge in [-0.05, 0) is 18.4 Å². The van der Waals surface area contributed by atoms with Crippen molar-refractivity contribution in [1.29, 1.82) is 0 Å². The Morgan fingerprint density at radius 1 is 1.44 bits per heavy atom. The Morgan fingerprint density at radius 3 is 3.11 bits per heavy atom. The van der Waals surface area contributed by atoms with Crippen LogP contribution in [0.1, 0.15) is 33.7 Å². The molecule has 142 valence electrons. The van der Waals surface area contributed by atoms with Gasteiger partial charge in [0.15, 0.2) is 11.5 Å². The van der Waals surface area contributed by atoms with E-state index in [1.807, 2.05) is 22.2 Å². The van der Waals surface area contributed by atoms with Gasteiger partial charge in [0.25, 0.3) is 11.8 Å². The normalized spacial score (nSPS) is 13.6. The minimum atomic E-state index is 0.00151. The van der Waals surface area contributed by atoms with Crippen LogP contribution in [0.3, 0.4) is 0 Å². The van der Waals surface area contributed by atoms with Crippen LogP contribution < -0.4 is 0 Å². The molecule has 0 N–H and O–H groups in total. The van der Waals surface area contributed by atoms with Crippen LogP contribution in [0.5, 0.6) is 0 Å². The number of carbonyl (C=O) groups excluding carboxylic acids is 1. The van der Waals surface area contributed by atoms with E-state index in [0.29, 0.717) is 43.6 Å². The summed E-state index contributed by atoms with van der Waals surface area (Å²) >= 11 is 1.44. The Labute approximate surface area is 160 Å². The second-order valence-corrected chi connectivity index (χ2v) is 7.31. The number of nitrogens with zero attached hydrogens (tertiary/aromatic N) is 5. The number of ether oxygens (including phenoxy) is 1. The molecule has 0 bridgehead atoms. The maximum absolute atomic E-state index is 12.3. The average Bonchev–Trinajstić information content (AvgIpc) is 3.44. The summed E-state index contributed by atoms with van der Waals surface area (Å²) in [5, 5.41) is 10.6. The van der Waals surface area contributed by atoms with Crippen LogP contribution >= 0.6 is 11.3 Å². The number of aromatic nitrogens is 4. The zero-order valence-electron chi connectivity index (χ0n) is 15.3. The molecule has 9 heteroatoms. The number of hydrogen-bond acceptors (Lipinski definition) is 7. The second kappa shape index (κ2) is 7.61. The fraction of sp³-hybridized carbons (Fsp3) is 0.444. The van der Waals surface area contributed by atoms with Gasteiger partial charge in [-0.15, -0.1) is 11.3 Å². The summed E-state index contributed by atoms with van der Waals surface area (Å²) in [6.45, 7) is 4.59. The first-order valence-electron chi connectivity index (χ1n) is 8.95. The summed E-state index contributed by atoms with van der Waals surface area (Å²) in [6, 6.07) is 3.70. The van der Waals surface area contributed by atoms with Crippen molar-refractivity contribution in [3.63, 3.8) is 0 Å². The summed E-state index contributed by atoms with van der Waals surface area (Å²) < 4.78 is 13.0. The molecule has 0 atom stereocenters. The van der Waals surface area contributed by atoms with E-state index in [2.05, 4.69) is 22.2 Å². The molecule has 1 aliphatic heterocycles. The number of rotatable bonds is 6. The average molecular weight is 387 g/mol. The SMILES string of the molecule is CCn1nc(-c2nc(CCN(C)C(=O)c3cccs3)no2)c2c1CCOC2. The number of carbonyl (C=O) groups is 1. The highest BCUT2D eigenvalue weighted by Gasteiger charge is 2.25. The molecule has 0 fully saturated rings. The monoisotopic (exact) mass is 387 g/mol. The molecule has 0 radical (unpaired) electrons. The Morgan fingerprint density at radius 2 is 2.33 bits per heavy atom. The van der Waals surface area contributed by atoms with Crippen molar-refractivity contribution >= 4 is 17.2 Å². The van der Waals surface area contributed by atoms with Crippen molar-refractivity contribution in [3.8, 4) is 11.6 Å². The minimum absolute atomic E-state index is 0.00151. The molecule has 0 saturated carbocycles. The van der Waals surface area contributed by atoms with Gasteiger partial charge >= 0.3 is 0 Å². The van der Waals surface area contributed by atoms with Crippen molar-refractivity contribution < 1.29 is 14.1 Å². The molecule has 1 amide bonds. The van der Waals surface area contributed by atoms with Gasteiger partial charge in [-0.2, -0.15) is 10.1 Å². The van der Waals surface area contributed by atoms with Crippen molar-refractivity contribution in [2.45, 2.75) is 32.9 Å². The molecular weight excluding hydrogens is 366 g/mol. The summed E-state index contributed by atoms with van der Waals surface area (Å²) in [5.41, 5.74) is 2.91. The van der Waals surface area contributed by atoms with Crippen LogP contribution in [0, 0.1) is 0 Å². The van der Waals surface area contributed by atoms with Crippen molar-refractivity contribution in [2.24, 2.45) is 0 Å². The summed E-state index contributed by atoms with van der Waals surface area (Å²) in [6.07, 6.45) is 1.36. The molecule has 8 nitrogen and oxygen atoms in total. The molecule has 0 unspecified atom stereocenters. The van der Waals surface area contributed by atoms with Crippen molar-refractivity contribution in [2.75, 3.05) is 20.2 Å². The number of likely N-dealkylation sites (N-methyl/N-ethyl adjacent to an activating group) is 1. The van der Waals surface area contributed by atoms with Gasteiger partial charge in [0.05, 0.1) is 18.1 Å². The lowest BCUT2D eigenvalue weighted by Crippen LogP contribution is -2.28. The summed E-state index contributed by atoms with van der Waals surface area (Å²) in [5.74, 6) is 0.972.